The van der Waals surface area contributed by atoms with E-state index in [2.05, 4.69) is 37.2 Å². The Hall–Kier alpha value is -2.29. The molecule has 0 aliphatic carbocycles. The zero-order chi connectivity index (χ0) is 15.2. The molecule has 0 saturated heterocycles. The van der Waals surface area contributed by atoms with Gasteiger partial charge in [-0.05, 0) is 66.8 Å². The van der Waals surface area contributed by atoms with Crippen LogP contribution in [0.5, 0.6) is 5.75 Å². The molecule has 2 aromatic rings. The molecule has 0 unspecified atom stereocenters. The number of hydrogen-bond donors (Lipinski definition) is 1. The van der Waals surface area contributed by atoms with E-state index in [1.807, 2.05) is 31.2 Å². The molecule has 3 heteroatoms. The minimum absolute atomic E-state index is 0.551. The quantitative estimate of drug-likeness (QED) is 0.499. The average Bonchev–Trinajstić information content (AvgIpc) is 2.51. The van der Waals surface area contributed by atoms with Gasteiger partial charge in [-0.25, -0.2) is 0 Å². The highest BCUT2D eigenvalue weighted by Crippen LogP contribution is 2.17. The van der Waals surface area contributed by atoms with Crippen LogP contribution < -0.4 is 4.74 Å². The van der Waals surface area contributed by atoms with Crippen molar-refractivity contribution < 1.29 is 9.94 Å². The summed E-state index contributed by atoms with van der Waals surface area (Å²) in [4.78, 5) is 0. The fourth-order valence-corrected chi connectivity index (χ4v) is 2.14. The number of nitrogens with zero attached hydrogens (tertiary/aromatic N) is 1. The fourth-order valence-electron chi connectivity index (χ4n) is 2.14. The van der Waals surface area contributed by atoms with E-state index >= 15 is 0 Å². The van der Waals surface area contributed by atoms with E-state index in [1.165, 1.54) is 11.1 Å². The lowest BCUT2D eigenvalue weighted by Gasteiger charge is -2.09. The number of benzene rings is 2. The SMILES string of the molecule is CCC(=NO)c1ccc(OCc2ccc(C)c(C)c2)cc1. The molecule has 3 nitrogen and oxygen atoms in total. The molecule has 0 saturated carbocycles. The Morgan fingerprint density at radius 1 is 1.05 bits per heavy atom. The maximum atomic E-state index is 8.91. The molecule has 0 bridgehead atoms. The van der Waals surface area contributed by atoms with Crippen molar-refractivity contribution in [2.24, 2.45) is 5.16 Å². The van der Waals surface area contributed by atoms with E-state index in [0.29, 0.717) is 18.7 Å². The highest BCUT2D eigenvalue weighted by atomic mass is 16.5. The third kappa shape index (κ3) is 3.85. The van der Waals surface area contributed by atoms with Crippen LogP contribution in [0.15, 0.2) is 47.6 Å². The van der Waals surface area contributed by atoms with E-state index in [4.69, 9.17) is 9.94 Å². The molecule has 2 aromatic carbocycles. The van der Waals surface area contributed by atoms with E-state index < -0.39 is 0 Å². The van der Waals surface area contributed by atoms with Gasteiger partial charge in [0.2, 0.25) is 0 Å². The third-order valence-electron chi connectivity index (χ3n) is 3.62. The first kappa shape index (κ1) is 15.1. The molecule has 0 aromatic heterocycles. The Morgan fingerprint density at radius 2 is 1.76 bits per heavy atom. The lowest BCUT2D eigenvalue weighted by Crippen LogP contribution is -2.00. The smallest absolute Gasteiger partial charge is 0.119 e. The molecule has 21 heavy (non-hydrogen) atoms. The first-order chi connectivity index (χ1) is 10.1. The predicted molar refractivity (Wildman–Crippen MR) is 85.3 cm³/mol. The van der Waals surface area contributed by atoms with Crippen LogP contribution in [0, 0.1) is 13.8 Å². The van der Waals surface area contributed by atoms with Gasteiger partial charge in [-0.2, -0.15) is 0 Å². The van der Waals surface area contributed by atoms with Gasteiger partial charge in [0, 0.05) is 0 Å². The number of rotatable bonds is 5. The number of hydrogen-bond acceptors (Lipinski definition) is 3. The van der Waals surface area contributed by atoms with Crippen LogP contribution in [-0.2, 0) is 6.61 Å². The predicted octanol–water partition coefficient (Wildman–Crippen LogP) is 4.47. The van der Waals surface area contributed by atoms with E-state index in [0.717, 1.165) is 16.9 Å². The molecule has 0 heterocycles. The normalized spacial score (nSPS) is 11.5. The summed E-state index contributed by atoms with van der Waals surface area (Å²) >= 11 is 0. The second kappa shape index (κ2) is 6.93. The van der Waals surface area contributed by atoms with Crippen molar-refractivity contribution in [3.05, 3.63) is 64.7 Å². The van der Waals surface area contributed by atoms with Crippen molar-refractivity contribution in [3.63, 3.8) is 0 Å². The molecular weight excluding hydrogens is 262 g/mol. The largest absolute Gasteiger partial charge is 0.489 e. The molecule has 0 aliphatic rings. The number of oxime groups is 1. The monoisotopic (exact) mass is 283 g/mol. The van der Waals surface area contributed by atoms with Crippen molar-refractivity contribution in [2.75, 3.05) is 0 Å². The Kier molecular flexibility index (Phi) is 4.99. The zero-order valence-corrected chi connectivity index (χ0v) is 12.8. The van der Waals surface area contributed by atoms with Gasteiger partial charge in [-0.15, -0.1) is 0 Å². The lowest BCUT2D eigenvalue weighted by atomic mass is 10.1. The second-order valence-electron chi connectivity index (χ2n) is 5.13. The van der Waals surface area contributed by atoms with Crippen molar-refractivity contribution in [2.45, 2.75) is 33.8 Å². The van der Waals surface area contributed by atoms with Gasteiger partial charge in [-0.1, -0.05) is 30.3 Å². The average molecular weight is 283 g/mol. The van der Waals surface area contributed by atoms with E-state index in [-0.39, 0.29) is 0 Å². The first-order valence-electron chi connectivity index (χ1n) is 7.14. The molecular formula is C18H21NO2. The topological polar surface area (TPSA) is 41.8 Å². The van der Waals surface area contributed by atoms with Crippen molar-refractivity contribution in [3.8, 4) is 5.75 Å². The summed E-state index contributed by atoms with van der Waals surface area (Å²) < 4.78 is 5.79. The highest BCUT2D eigenvalue weighted by Gasteiger charge is 2.03. The summed E-state index contributed by atoms with van der Waals surface area (Å²) in [5, 5.41) is 12.2. The summed E-state index contributed by atoms with van der Waals surface area (Å²) in [6.07, 6.45) is 0.694. The highest BCUT2D eigenvalue weighted by molar-refractivity contribution is 6.00. The van der Waals surface area contributed by atoms with Gasteiger partial charge < -0.3 is 9.94 Å². The molecule has 0 fully saturated rings. The van der Waals surface area contributed by atoms with Gasteiger partial charge in [0.1, 0.15) is 12.4 Å². The maximum Gasteiger partial charge on any atom is 0.119 e. The molecule has 2 rings (SSSR count). The minimum Gasteiger partial charge on any atom is -0.489 e. The molecule has 0 spiro atoms. The van der Waals surface area contributed by atoms with Crippen LogP contribution in [0.1, 0.15) is 35.6 Å². The third-order valence-corrected chi connectivity index (χ3v) is 3.62. The zero-order valence-electron chi connectivity index (χ0n) is 12.8. The number of ether oxygens (including phenoxy) is 1. The summed E-state index contributed by atoms with van der Waals surface area (Å²) in [5.74, 6) is 0.811. The summed E-state index contributed by atoms with van der Waals surface area (Å²) in [7, 11) is 0. The van der Waals surface area contributed by atoms with Gasteiger partial charge in [0.25, 0.3) is 0 Å². The van der Waals surface area contributed by atoms with Crippen molar-refractivity contribution >= 4 is 5.71 Å². The van der Waals surface area contributed by atoms with E-state index in [1.54, 1.807) is 0 Å². The van der Waals surface area contributed by atoms with Crippen LogP contribution in [0.4, 0.5) is 0 Å². The van der Waals surface area contributed by atoms with Gasteiger partial charge >= 0.3 is 0 Å². The Labute approximate surface area is 125 Å². The standard InChI is InChI=1S/C18H21NO2/c1-4-18(19-20)16-7-9-17(10-8-16)21-12-15-6-5-13(2)14(3)11-15/h5-11,20H,4,12H2,1-3H3. The fraction of sp³-hybridized carbons (Fsp3) is 0.278. The van der Waals surface area contributed by atoms with Crippen LogP contribution in [0.25, 0.3) is 0 Å². The molecule has 110 valence electrons. The van der Waals surface area contributed by atoms with Crippen LogP contribution in [0.3, 0.4) is 0 Å². The van der Waals surface area contributed by atoms with Crippen LogP contribution >= 0.6 is 0 Å². The van der Waals surface area contributed by atoms with Crippen molar-refractivity contribution in [1.29, 1.82) is 0 Å². The van der Waals surface area contributed by atoms with E-state index in [9.17, 15) is 0 Å². The maximum absolute atomic E-state index is 8.91. The molecule has 0 aliphatic heterocycles. The minimum atomic E-state index is 0.551. The summed E-state index contributed by atoms with van der Waals surface area (Å²) in [6.45, 7) is 6.72. The van der Waals surface area contributed by atoms with Gasteiger partial charge in [-0.3, -0.25) is 0 Å². The Bertz CT molecular complexity index is 630. The molecule has 0 atom stereocenters. The lowest BCUT2D eigenvalue weighted by molar-refractivity contribution is 0.306. The first-order valence-corrected chi connectivity index (χ1v) is 7.14. The van der Waals surface area contributed by atoms with Gasteiger partial charge in [0.05, 0.1) is 5.71 Å². The summed E-state index contributed by atoms with van der Waals surface area (Å²) in [5.41, 5.74) is 5.32. The van der Waals surface area contributed by atoms with Crippen LogP contribution in [0.2, 0.25) is 0 Å². The summed E-state index contributed by atoms with van der Waals surface area (Å²) in [6, 6.07) is 14.0. The molecule has 1 N–H and O–H groups in total. The second-order valence-corrected chi connectivity index (χ2v) is 5.13. The van der Waals surface area contributed by atoms with Crippen LogP contribution in [-0.4, -0.2) is 10.9 Å². The van der Waals surface area contributed by atoms with Crippen molar-refractivity contribution in [1.82, 2.24) is 0 Å². The Morgan fingerprint density at radius 3 is 2.33 bits per heavy atom. The number of aryl methyl sites for hydroxylation is 2. The Balaban J connectivity index is 2.02. The molecule has 0 radical (unpaired) electrons. The van der Waals surface area contributed by atoms with Gasteiger partial charge in [0.15, 0.2) is 0 Å². The molecule has 0 amide bonds.